The number of fused-ring (bicyclic) bond motifs is 1. The maximum atomic E-state index is 13.8. The van der Waals surface area contributed by atoms with Crippen LogP contribution in [0.4, 0.5) is 4.39 Å². The maximum absolute atomic E-state index is 13.8. The van der Waals surface area contributed by atoms with E-state index in [1.807, 2.05) is 13.8 Å². The zero-order chi connectivity index (χ0) is 16.8. The molecule has 2 fully saturated rings. The van der Waals surface area contributed by atoms with Crippen LogP contribution >= 0.6 is 12.4 Å². The molecule has 0 radical (unpaired) electrons. The molecule has 0 bridgehead atoms. The Morgan fingerprint density at radius 3 is 2.75 bits per heavy atom. The van der Waals surface area contributed by atoms with Gasteiger partial charge in [0.05, 0.1) is 6.10 Å². The molecule has 2 N–H and O–H groups in total. The van der Waals surface area contributed by atoms with E-state index < -0.39 is 11.0 Å². The van der Waals surface area contributed by atoms with Crippen molar-refractivity contribution in [2.45, 2.75) is 44.9 Å². The number of amides is 1. The Balaban J connectivity index is 0.00000208. The van der Waals surface area contributed by atoms with Crippen molar-refractivity contribution < 1.29 is 13.9 Å². The second kappa shape index (κ2) is 6.62. The Hall–Kier alpha value is -1.17. The van der Waals surface area contributed by atoms with Gasteiger partial charge in [-0.1, -0.05) is 32.0 Å². The summed E-state index contributed by atoms with van der Waals surface area (Å²) in [5.74, 6) is -0.385. The fourth-order valence-electron chi connectivity index (χ4n) is 4.28. The van der Waals surface area contributed by atoms with Crippen LogP contribution in [0.5, 0.6) is 0 Å². The molecule has 3 atom stereocenters. The van der Waals surface area contributed by atoms with Gasteiger partial charge >= 0.3 is 0 Å². The molecule has 1 aliphatic carbocycles. The zero-order valence-corrected chi connectivity index (χ0v) is 15.2. The number of nitrogens with zero attached hydrogens (tertiary/aromatic N) is 1. The lowest BCUT2D eigenvalue weighted by Gasteiger charge is -2.65. The highest BCUT2D eigenvalue weighted by Gasteiger charge is 2.70. The van der Waals surface area contributed by atoms with Crippen molar-refractivity contribution in [2.75, 3.05) is 13.7 Å². The summed E-state index contributed by atoms with van der Waals surface area (Å²) in [7, 11) is 1.69. The van der Waals surface area contributed by atoms with Gasteiger partial charge in [-0.15, -0.1) is 12.4 Å². The highest BCUT2D eigenvalue weighted by atomic mass is 35.5. The first-order valence-corrected chi connectivity index (χ1v) is 8.19. The van der Waals surface area contributed by atoms with Crippen LogP contribution in [0.3, 0.4) is 0 Å². The Labute approximate surface area is 148 Å². The van der Waals surface area contributed by atoms with Gasteiger partial charge in [-0.25, -0.2) is 4.39 Å². The fraction of sp³-hybridized carbons (Fsp3) is 0.611. The average Bonchev–Trinajstić information content (AvgIpc) is 2.55. The first-order chi connectivity index (χ1) is 10.8. The summed E-state index contributed by atoms with van der Waals surface area (Å²) in [6.07, 6.45) is 1.87. The molecular formula is C18H26ClFN2O2. The molecule has 24 heavy (non-hydrogen) atoms. The van der Waals surface area contributed by atoms with Crippen LogP contribution in [0.2, 0.25) is 0 Å². The van der Waals surface area contributed by atoms with Crippen LogP contribution in [0.25, 0.3) is 0 Å². The van der Waals surface area contributed by atoms with E-state index in [4.69, 9.17) is 10.5 Å². The highest BCUT2D eigenvalue weighted by molar-refractivity contribution is 5.89. The first kappa shape index (κ1) is 19.2. The molecule has 3 unspecified atom stereocenters. The van der Waals surface area contributed by atoms with Gasteiger partial charge in [0.1, 0.15) is 11.4 Å². The van der Waals surface area contributed by atoms with E-state index >= 15 is 0 Å². The van der Waals surface area contributed by atoms with Gasteiger partial charge in [0, 0.05) is 37.1 Å². The van der Waals surface area contributed by atoms with Gasteiger partial charge < -0.3 is 15.4 Å². The van der Waals surface area contributed by atoms with Crippen LogP contribution < -0.4 is 5.73 Å². The largest absolute Gasteiger partial charge is 0.377 e. The molecule has 1 heterocycles. The minimum Gasteiger partial charge on any atom is -0.377 e. The molecule has 4 nitrogen and oxygen atoms in total. The second-order valence-corrected chi connectivity index (χ2v) is 7.38. The number of hydrogen-bond donors (Lipinski definition) is 1. The molecular weight excluding hydrogens is 331 g/mol. The van der Waals surface area contributed by atoms with Crippen LogP contribution in [-0.2, 0) is 16.1 Å². The first-order valence-electron chi connectivity index (χ1n) is 8.19. The number of benzene rings is 1. The number of hydrogen-bond acceptors (Lipinski definition) is 3. The number of halogens is 2. The third-order valence-corrected chi connectivity index (χ3v) is 5.75. The third-order valence-electron chi connectivity index (χ3n) is 5.75. The molecule has 1 aromatic rings. The summed E-state index contributed by atoms with van der Waals surface area (Å²) in [6, 6.07) is 6.52. The summed E-state index contributed by atoms with van der Waals surface area (Å²) in [4.78, 5) is 14.6. The average molecular weight is 357 g/mol. The van der Waals surface area contributed by atoms with Crippen molar-refractivity contribution in [2.24, 2.45) is 17.1 Å². The molecule has 3 rings (SSSR count). The number of nitrogens with two attached hydrogens (primary N) is 1. The molecule has 0 spiro atoms. The summed E-state index contributed by atoms with van der Waals surface area (Å²) in [5.41, 5.74) is 5.74. The van der Waals surface area contributed by atoms with Gasteiger partial charge in [-0.05, 0) is 18.9 Å². The topological polar surface area (TPSA) is 55.6 Å². The van der Waals surface area contributed by atoms with Crippen LogP contribution in [-0.4, -0.2) is 36.1 Å². The lowest BCUT2D eigenvalue weighted by atomic mass is 9.46. The summed E-state index contributed by atoms with van der Waals surface area (Å²) >= 11 is 0. The lowest BCUT2D eigenvalue weighted by Crippen LogP contribution is -2.82. The normalized spacial score (nSPS) is 30.5. The second-order valence-electron chi connectivity index (χ2n) is 7.38. The number of carbonyl (C=O) groups excluding carboxylic acids is 1. The minimum atomic E-state index is -0.946. The van der Waals surface area contributed by atoms with Crippen molar-refractivity contribution in [1.82, 2.24) is 4.90 Å². The van der Waals surface area contributed by atoms with E-state index in [0.717, 1.165) is 19.4 Å². The number of likely N-dealkylation sites (N-methyl/N-ethyl adjacent to an activating group) is 1. The quantitative estimate of drug-likeness (QED) is 0.906. The van der Waals surface area contributed by atoms with Crippen LogP contribution in [0, 0.1) is 17.2 Å². The number of rotatable bonds is 3. The van der Waals surface area contributed by atoms with Gasteiger partial charge in [0.25, 0.3) is 0 Å². The monoisotopic (exact) mass is 356 g/mol. The molecule has 1 saturated heterocycles. The van der Waals surface area contributed by atoms with Crippen molar-refractivity contribution in [3.8, 4) is 0 Å². The number of carbonyl (C=O) groups is 1. The smallest absolute Gasteiger partial charge is 0.243 e. The van der Waals surface area contributed by atoms with Crippen molar-refractivity contribution in [3.05, 3.63) is 35.6 Å². The Morgan fingerprint density at radius 1 is 1.42 bits per heavy atom. The van der Waals surface area contributed by atoms with Gasteiger partial charge in [-0.2, -0.15) is 0 Å². The Bertz CT molecular complexity index is 625. The lowest BCUT2D eigenvalue weighted by molar-refractivity contribution is -0.229. The predicted octanol–water partition coefficient (Wildman–Crippen LogP) is 2.74. The SMILES string of the molecule is CN(Cc1ccccc1F)C(=O)C1(N)C2CCCOC2C1(C)C.Cl. The molecule has 1 saturated carbocycles. The van der Waals surface area contributed by atoms with E-state index in [9.17, 15) is 9.18 Å². The van der Waals surface area contributed by atoms with Gasteiger partial charge in [0.2, 0.25) is 5.91 Å². The summed E-state index contributed by atoms with van der Waals surface area (Å²) in [5, 5.41) is 0. The Kier molecular flexibility index (Phi) is 5.28. The van der Waals surface area contributed by atoms with E-state index in [1.54, 1.807) is 30.1 Å². The molecule has 1 aromatic carbocycles. The predicted molar refractivity (Wildman–Crippen MR) is 93.3 cm³/mol. The third kappa shape index (κ3) is 2.63. The molecule has 1 amide bonds. The minimum absolute atomic E-state index is 0. The van der Waals surface area contributed by atoms with E-state index in [0.29, 0.717) is 5.56 Å². The molecule has 6 heteroatoms. The highest BCUT2D eigenvalue weighted by Crippen LogP contribution is 2.57. The van der Waals surface area contributed by atoms with Crippen LogP contribution in [0.1, 0.15) is 32.3 Å². The van der Waals surface area contributed by atoms with Crippen molar-refractivity contribution >= 4 is 18.3 Å². The molecule has 2 aliphatic rings. The fourth-order valence-corrected chi connectivity index (χ4v) is 4.28. The molecule has 1 aliphatic heterocycles. The Morgan fingerprint density at radius 2 is 2.08 bits per heavy atom. The number of ether oxygens (including phenoxy) is 1. The molecule has 134 valence electrons. The van der Waals surface area contributed by atoms with Gasteiger partial charge in [-0.3, -0.25) is 4.79 Å². The van der Waals surface area contributed by atoms with E-state index in [1.165, 1.54) is 6.07 Å². The van der Waals surface area contributed by atoms with E-state index in [2.05, 4.69) is 0 Å². The van der Waals surface area contributed by atoms with Crippen molar-refractivity contribution in [1.29, 1.82) is 0 Å². The standard InChI is InChI=1S/C18H25FN2O2.ClH/c1-17(2)15-13(8-6-10-23-15)18(17,20)16(22)21(3)11-12-7-4-5-9-14(12)19;/h4-5,7,9,13,15H,6,8,10-11,20H2,1-3H3;1H. The summed E-state index contributed by atoms with van der Waals surface area (Å²) < 4.78 is 19.7. The summed E-state index contributed by atoms with van der Waals surface area (Å²) in [6.45, 7) is 4.95. The van der Waals surface area contributed by atoms with Gasteiger partial charge in [0.15, 0.2) is 0 Å². The zero-order valence-electron chi connectivity index (χ0n) is 14.4. The molecule has 0 aromatic heterocycles. The van der Waals surface area contributed by atoms with Crippen LogP contribution in [0.15, 0.2) is 24.3 Å². The van der Waals surface area contributed by atoms with Crippen molar-refractivity contribution in [3.63, 3.8) is 0 Å². The maximum Gasteiger partial charge on any atom is 0.243 e. The van der Waals surface area contributed by atoms with E-state index in [-0.39, 0.29) is 42.7 Å².